The van der Waals surface area contributed by atoms with Crippen molar-refractivity contribution < 1.29 is 9.18 Å². The second-order valence-electron chi connectivity index (χ2n) is 5.37. The monoisotopic (exact) mass is 355 g/mol. The molecule has 1 aromatic heterocycles. The number of pyridine rings is 1. The van der Waals surface area contributed by atoms with Crippen molar-refractivity contribution in [2.75, 3.05) is 10.6 Å². The first kappa shape index (κ1) is 16.9. The summed E-state index contributed by atoms with van der Waals surface area (Å²) in [6, 6.07) is 16.4. The molecule has 0 aliphatic heterocycles. The van der Waals surface area contributed by atoms with Gasteiger partial charge in [0.2, 0.25) is 0 Å². The minimum atomic E-state index is -0.275. The highest BCUT2D eigenvalue weighted by Crippen LogP contribution is 2.15. The average molecular weight is 356 g/mol. The maximum Gasteiger partial charge on any atom is 0.255 e. The van der Waals surface area contributed by atoms with Crippen LogP contribution in [0.4, 0.5) is 15.9 Å². The number of rotatable bonds is 5. The number of halogens is 2. The molecule has 0 fully saturated rings. The number of anilines is 2. The summed E-state index contributed by atoms with van der Waals surface area (Å²) in [7, 11) is 0. The Morgan fingerprint density at radius 2 is 1.76 bits per heavy atom. The van der Waals surface area contributed by atoms with Crippen LogP contribution >= 0.6 is 11.6 Å². The number of hydrogen-bond donors (Lipinski definition) is 2. The summed E-state index contributed by atoms with van der Waals surface area (Å²) in [6.07, 6.45) is 1.56. The van der Waals surface area contributed by atoms with Crippen LogP contribution in [0.1, 0.15) is 15.9 Å². The van der Waals surface area contributed by atoms with Gasteiger partial charge >= 0.3 is 0 Å². The molecule has 0 bridgehead atoms. The number of nitrogens with zero attached hydrogens (tertiary/aromatic N) is 1. The molecule has 1 amide bonds. The van der Waals surface area contributed by atoms with Crippen LogP contribution in [0, 0.1) is 5.82 Å². The molecule has 2 N–H and O–H groups in total. The summed E-state index contributed by atoms with van der Waals surface area (Å²) in [5, 5.41) is 6.52. The maximum absolute atomic E-state index is 12.9. The van der Waals surface area contributed by atoms with Crippen LogP contribution in [0.25, 0.3) is 0 Å². The van der Waals surface area contributed by atoms with Gasteiger partial charge in [0, 0.05) is 29.0 Å². The van der Waals surface area contributed by atoms with Gasteiger partial charge in [-0.2, -0.15) is 0 Å². The van der Waals surface area contributed by atoms with Crippen molar-refractivity contribution in [3.63, 3.8) is 0 Å². The smallest absolute Gasteiger partial charge is 0.255 e. The fourth-order valence-electron chi connectivity index (χ4n) is 2.20. The van der Waals surface area contributed by atoms with Crippen molar-refractivity contribution in [1.82, 2.24) is 4.98 Å². The number of aromatic nitrogens is 1. The minimum Gasteiger partial charge on any atom is -0.366 e. The summed E-state index contributed by atoms with van der Waals surface area (Å²) < 4.78 is 12.9. The standard InChI is InChI=1S/C19H15ClFN3O/c20-15-3-7-17(8-4-15)24-19(25)14-9-10-22-18(11-14)23-12-13-1-5-16(21)6-2-13/h1-11H,12H2,(H,22,23)(H,24,25). The van der Waals surface area contributed by atoms with Crippen molar-refractivity contribution >= 4 is 29.0 Å². The Kier molecular flexibility index (Phi) is 5.26. The van der Waals surface area contributed by atoms with Crippen LogP contribution in [0.3, 0.4) is 0 Å². The Hall–Kier alpha value is -2.92. The van der Waals surface area contributed by atoms with Gasteiger partial charge in [0.05, 0.1) is 0 Å². The van der Waals surface area contributed by atoms with Gasteiger partial charge in [-0.05, 0) is 54.1 Å². The number of nitrogens with one attached hydrogen (secondary N) is 2. The largest absolute Gasteiger partial charge is 0.366 e. The molecule has 0 spiro atoms. The Morgan fingerprint density at radius 3 is 2.48 bits per heavy atom. The van der Waals surface area contributed by atoms with E-state index in [-0.39, 0.29) is 11.7 Å². The van der Waals surface area contributed by atoms with Crippen LogP contribution in [0.2, 0.25) is 5.02 Å². The Labute approximate surface area is 149 Å². The highest BCUT2D eigenvalue weighted by molar-refractivity contribution is 6.30. The molecular weight excluding hydrogens is 341 g/mol. The van der Waals surface area contributed by atoms with Gasteiger partial charge in [0.1, 0.15) is 11.6 Å². The minimum absolute atomic E-state index is 0.241. The van der Waals surface area contributed by atoms with E-state index in [1.54, 1.807) is 54.7 Å². The SMILES string of the molecule is O=C(Nc1ccc(Cl)cc1)c1ccnc(NCc2ccc(F)cc2)c1. The molecule has 0 saturated heterocycles. The van der Waals surface area contributed by atoms with Crippen molar-refractivity contribution in [2.45, 2.75) is 6.54 Å². The Balaban J connectivity index is 1.64. The predicted octanol–water partition coefficient (Wildman–Crippen LogP) is 4.74. The van der Waals surface area contributed by atoms with E-state index in [4.69, 9.17) is 11.6 Å². The zero-order valence-corrected chi connectivity index (χ0v) is 13.9. The molecule has 25 heavy (non-hydrogen) atoms. The molecule has 0 aliphatic carbocycles. The van der Waals surface area contributed by atoms with Gasteiger partial charge in [0.25, 0.3) is 5.91 Å². The summed E-state index contributed by atoms with van der Waals surface area (Å²) in [5.41, 5.74) is 2.05. The van der Waals surface area contributed by atoms with Crippen LogP contribution < -0.4 is 10.6 Å². The fourth-order valence-corrected chi connectivity index (χ4v) is 2.33. The van der Waals surface area contributed by atoms with Crippen LogP contribution in [-0.4, -0.2) is 10.9 Å². The molecule has 0 radical (unpaired) electrons. The van der Waals surface area contributed by atoms with Crippen molar-refractivity contribution in [3.05, 3.63) is 88.8 Å². The quantitative estimate of drug-likeness (QED) is 0.695. The van der Waals surface area contributed by atoms with E-state index in [1.165, 1.54) is 12.1 Å². The van der Waals surface area contributed by atoms with E-state index in [1.807, 2.05) is 0 Å². The van der Waals surface area contributed by atoms with E-state index < -0.39 is 0 Å². The Bertz CT molecular complexity index is 867. The normalized spacial score (nSPS) is 10.3. The first-order valence-electron chi connectivity index (χ1n) is 7.61. The number of benzene rings is 2. The van der Waals surface area contributed by atoms with Crippen molar-refractivity contribution in [3.8, 4) is 0 Å². The number of amides is 1. The lowest BCUT2D eigenvalue weighted by Gasteiger charge is -2.09. The van der Waals surface area contributed by atoms with Crippen molar-refractivity contribution in [2.24, 2.45) is 0 Å². The molecule has 0 aliphatic rings. The third-order valence-electron chi connectivity index (χ3n) is 3.51. The molecular formula is C19H15ClFN3O. The third-order valence-corrected chi connectivity index (χ3v) is 3.76. The van der Waals surface area contributed by atoms with Gasteiger partial charge < -0.3 is 10.6 Å². The highest BCUT2D eigenvalue weighted by Gasteiger charge is 2.07. The number of hydrogen-bond acceptors (Lipinski definition) is 3. The lowest BCUT2D eigenvalue weighted by Crippen LogP contribution is -2.12. The summed E-state index contributed by atoms with van der Waals surface area (Å²) in [6.45, 7) is 0.482. The zero-order chi connectivity index (χ0) is 17.6. The van der Waals surface area contributed by atoms with Gasteiger partial charge in [0.15, 0.2) is 0 Å². The fraction of sp³-hybridized carbons (Fsp3) is 0.0526. The second-order valence-corrected chi connectivity index (χ2v) is 5.81. The topological polar surface area (TPSA) is 54.0 Å². The maximum atomic E-state index is 12.9. The molecule has 4 nitrogen and oxygen atoms in total. The highest BCUT2D eigenvalue weighted by atomic mass is 35.5. The predicted molar refractivity (Wildman–Crippen MR) is 97.4 cm³/mol. The van der Waals surface area contributed by atoms with Crippen molar-refractivity contribution in [1.29, 1.82) is 0 Å². The number of carbonyl (C=O) groups is 1. The zero-order valence-electron chi connectivity index (χ0n) is 13.2. The van der Waals surface area contributed by atoms with E-state index in [0.717, 1.165) is 5.56 Å². The number of carbonyl (C=O) groups excluding carboxylic acids is 1. The summed E-state index contributed by atoms with van der Waals surface area (Å²) in [4.78, 5) is 16.5. The Morgan fingerprint density at radius 1 is 1.04 bits per heavy atom. The molecule has 3 aromatic rings. The first-order chi connectivity index (χ1) is 12.1. The first-order valence-corrected chi connectivity index (χ1v) is 7.99. The lowest BCUT2D eigenvalue weighted by atomic mass is 10.2. The van der Waals surface area contributed by atoms with Gasteiger partial charge in [-0.25, -0.2) is 9.37 Å². The van der Waals surface area contributed by atoms with E-state index in [9.17, 15) is 9.18 Å². The molecule has 3 rings (SSSR count). The van der Waals surface area contributed by atoms with E-state index in [2.05, 4.69) is 15.6 Å². The molecule has 0 unspecified atom stereocenters. The molecule has 126 valence electrons. The third kappa shape index (κ3) is 4.78. The molecule has 2 aromatic carbocycles. The van der Waals surface area contributed by atoms with Crippen LogP contribution in [0.15, 0.2) is 66.9 Å². The summed E-state index contributed by atoms with van der Waals surface area (Å²) in [5.74, 6) is 0.0466. The molecule has 1 heterocycles. The van der Waals surface area contributed by atoms with Crippen LogP contribution in [0.5, 0.6) is 0 Å². The molecule has 0 saturated carbocycles. The molecule has 6 heteroatoms. The molecule has 0 atom stereocenters. The lowest BCUT2D eigenvalue weighted by molar-refractivity contribution is 0.102. The van der Waals surface area contributed by atoms with E-state index >= 15 is 0 Å². The van der Waals surface area contributed by atoms with Gasteiger partial charge in [-0.1, -0.05) is 23.7 Å². The van der Waals surface area contributed by atoms with E-state index in [0.29, 0.717) is 28.6 Å². The average Bonchev–Trinajstić information content (AvgIpc) is 2.63. The van der Waals surface area contributed by atoms with Gasteiger partial charge in [-0.15, -0.1) is 0 Å². The second kappa shape index (κ2) is 7.77. The summed E-state index contributed by atoms with van der Waals surface area (Å²) >= 11 is 5.83. The van der Waals surface area contributed by atoms with Crippen LogP contribution in [-0.2, 0) is 6.54 Å². The van der Waals surface area contributed by atoms with Gasteiger partial charge in [-0.3, -0.25) is 4.79 Å².